The van der Waals surface area contributed by atoms with Gasteiger partial charge in [-0.1, -0.05) is 36.5 Å². The number of allylic oxidation sites excluding steroid dienone is 4. The van der Waals surface area contributed by atoms with Crippen molar-refractivity contribution in [2.75, 3.05) is 6.61 Å². The van der Waals surface area contributed by atoms with Crippen LogP contribution in [-0.2, 0) is 14.3 Å². The second kappa shape index (κ2) is 9.62. The predicted molar refractivity (Wildman–Crippen MR) is 122 cm³/mol. The summed E-state index contributed by atoms with van der Waals surface area (Å²) in [4.78, 5) is 25.4. The fourth-order valence-electron chi connectivity index (χ4n) is 6.12. The van der Waals surface area contributed by atoms with Crippen molar-refractivity contribution in [1.82, 2.24) is 5.32 Å². The zero-order valence-corrected chi connectivity index (χ0v) is 19.6. The lowest BCUT2D eigenvalue weighted by Crippen LogP contribution is -2.50. The highest BCUT2D eigenvalue weighted by molar-refractivity contribution is 5.81. The Morgan fingerprint density at radius 2 is 1.68 bits per heavy atom. The Morgan fingerprint density at radius 1 is 1.10 bits per heavy atom. The predicted octanol–water partition coefficient (Wildman–Crippen LogP) is 5.72. The number of nitrogens with one attached hydrogen (secondary N) is 1. The summed E-state index contributed by atoms with van der Waals surface area (Å²) in [6, 6.07) is -0.767. The SMILES string of the molecule is C=C/C=C\C=C(/C)C[C@H](NC(=O)OC(C)(C)C)C(=O)OCC12CC3CC(CC(C3)C1)C2. The molecule has 0 unspecified atom stereocenters. The Labute approximate surface area is 187 Å². The molecule has 1 amide bonds. The molecule has 0 spiro atoms. The Morgan fingerprint density at radius 3 is 2.19 bits per heavy atom. The van der Waals surface area contributed by atoms with Crippen molar-refractivity contribution >= 4 is 12.1 Å². The van der Waals surface area contributed by atoms with Crippen molar-refractivity contribution in [3.05, 3.63) is 36.5 Å². The largest absolute Gasteiger partial charge is 0.464 e. The van der Waals surface area contributed by atoms with Crippen LogP contribution in [0.1, 0.15) is 72.6 Å². The summed E-state index contributed by atoms with van der Waals surface area (Å²) in [5, 5.41) is 2.73. The van der Waals surface area contributed by atoms with E-state index in [9.17, 15) is 9.59 Å². The van der Waals surface area contributed by atoms with Crippen molar-refractivity contribution in [3.63, 3.8) is 0 Å². The second-order valence-electron chi connectivity index (χ2n) is 11.1. The second-order valence-corrected chi connectivity index (χ2v) is 11.1. The average Bonchev–Trinajstić information content (AvgIpc) is 2.63. The first-order chi connectivity index (χ1) is 14.6. The van der Waals surface area contributed by atoms with Gasteiger partial charge in [-0.25, -0.2) is 9.59 Å². The van der Waals surface area contributed by atoms with E-state index < -0.39 is 17.7 Å². The summed E-state index contributed by atoms with van der Waals surface area (Å²) in [5.41, 5.74) is 0.485. The van der Waals surface area contributed by atoms with Crippen LogP contribution < -0.4 is 5.32 Å². The standard InChI is InChI=1S/C26H39NO4/c1-6-7-8-9-18(2)10-22(27-24(29)31-25(3,4)5)23(28)30-17-26-14-19-11-20(15-26)13-21(12-19)16-26/h6-9,19-22H,1,10-17H2,2-5H3,(H,27,29)/b8-7-,18-9+/t19?,20?,21?,22-,26?/m0/s1. The Bertz CT molecular complexity index is 708. The van der Waals surface area contributed by atoms with Crippen LogP contribution in [0.3, 0.4) is 0 Å². The molecule has 0 saturated heterocycles. The molecule has 5 nitrogen and oxygen atoms in total. The van der Waals surface area contributed by atoms with Crippen LogP contribution in [0.4, 0.5) is 4.79 Å². The molecule has 4 rings (SSSR count). The van der Waals surface area contributed by atoms with E-state index in [1.807, 2.05) is 25.2 Å². The van der Waals surface area contributed by atoms with Gasteiger partial charge in [0.1, 0.15) is 11.6 Å². The third kappa shape index (κ3) is 6.72. The van der Waals surface area contributed by atoms with Crippen molar-refractivity contribution in [3.8, 4) is 0 Å². The number of hydrogen-bond donors (Lipinski definition) is 1. The smallest absolute Gasteiger partial charge is 0.408 e. The van der Waals surface area contributed by atoms with E-state index in [-0.39, 0.29) is 11.4 Å². The Balaban J connectivity index is 1.63. The molecule has 0 aliphatic heterocycles. The van der Waals surface area contributed by atoms with Gasteiger partial charge in [-0.2, -0.15) is 0 Å². The molecule has 4 aliphatic carbocycles. The first kappa shape index (κ1) is 23.6. The minimum Gasteiger partial charge on any atom is -0.464 e. The molecule has 31 heavy (non-hydrogen) atoms. The van der Waals surface area contributed by atoms with E-state index in [0.717, 1.165) is 23.3 Å². The van der Waals surface area contributed by atoms with Gasteiger partial charge in [-0.3, -0.25) is 0 Å². The molecule has 0 aromatic carbocycles. The monoisotopic (exact) mass is 429 g/mol. The fraction of sp³-hybridized carbons (Fsp3) is 0.692. The highest BCUT2D eigenvalue weighted by Crippen LogP contribution is 2.60. The molecule has 5 heteroatoms. The van der Waals surface area contributed by atoms with E-state index >= 15 is 0 Å². The summed E-state index contributed by atoms with van der Waals surface area (Å²) in [7, 11) is 0. The van der Waals surface area contributed by atoms with Gasteiger partial charge in [0.2, 0.25) is 0 Å². The number of carbonyl (C=O) groups excluding carboxylic acids is 2. The number of ether oxygens (including phenoxy) is 2. The summed E-state index contributed by atoms with van der Waals surface area (Å²) in [6.45, 7) is 11.5. The minimum atomic E-state index is -0.767. The third-order valence-electron chi connectivity index (χ3n) is 6.82. The molecular formula is C26H39NO4. The maximum absolute atomic E-state index is 13.0. The van der Waals surface area contributed by atoms with Gasteiger partial charge >= 0.3 is 12.1 Å². The topological polar surface area (TPSA) is 64.6 Å². The summed E-state index contributed by atoms with van der Waals surface area (Å²) in [5.74, 6) is 2.05. The molecule has 0 radical (unpaired) electrons. The Kier molecular flexibility index (Phi) is 7.33. The van der Waals surface area contributed by atoms with Gasteiger partial charge in [0.25, 0.3) is 0 Å². The molecule has 1 N–H and O–H groups in total. The van der Waals surface area contributed by atoms with Crippen molar-refractivity contribution in [1.29, 1.82) is 0 Å². The highest BCUT2D eigenvalue weighted by Gasteiger charge is 2.51. The number of rotatable bonds is 8. The molecular weight excluding hydrogens is 390 g/mol. The molecule has 0 aromatic rings. The van der Waals surface area contributed by atoms with Gasteiger partial charge in [-0.15, -0.1) is 0 Å². The molecule has 4 fully saturated rings. The zero-order chi connectivity index (χ0) is 22.6. The molecule has 4 aliphatic rings. The van der Waals surface area contributed by atoms with Crippen LogP contribution in [0, 0.1) is 23.2 Å². The van der Waals surface area contributed by atoms with Crippen LogP contribution >= 0.6 is 0 Å². The van der Waals surface area contributed by atoms with Crippen molar-refractivity contribution in [2.45, 2.75) is 84.3 Å². The normalized spacial score (nSPS) is 30.8. The maximum Gasteiger partial charge on any atom is 0.408 e. The summed E-state index contributed by atoms with van der Waals surface area (Å²) in [6.07, 6.45) is 14.7. The fourth-order valence-corrected chi connectivity index (χ4v) is 6.12. The van der Waals surface area contributed by atoms with Crippen LogP contribution in [0.15, 0.2) is 36.5 Å². The number of esters is 1. The van der Waals surface area contributed by atoms with Crippen LogP contribution in [0.5, 0.6) is 0 Å². The first-order valence-electron chi connectivity index (χ1n) is 11.7. The number of alkyl carbamates (subject to hydrolysis) is 1. The van der Waals surface area contributed by atoms with E-state index in [0.29, 0.717) is 13.0 Å². The van der Waals surface area contributed by atoms with Gasteiger partial charge in [0.15, 0.2) is 0 Å². The lowest BCUT2D eigenvalue weighted by molar-refractivity contribution is -0.157. The van der Waals surface area contributed by atoms with E-state index in [2.05, 4.69) is 11.9 Å². The van der Waals surface area contributed by atoms with Crippen LogP contribution in [0.2, 0.25) is 0 Å². The van der Waals surface area contributed by atoms with E-state index in [1.165, 1.54) is 38.5 Å². The molecule has 4 bridgehead atoms. The van der Waals surface area contributed by atoms with Gasteiger partial charge < -0.3 is 14.8 Å². The summed E-state index contributed by atoms with van der Waals surface area (Å²) < 4.78 is 11.2. The zero-order valence-electron chi connectivity index (χ0n) is 19.6. The highest BCUT2D eigenvalue weighted by atomic mass is 16.6. The van der Waals surface area contributed by atoms with Crippen molar-refractivity contribution < 1.29 is 19.1 Å². The molecule has 0 aromatic heterocycles. The first-order valence-corrected chi connectivity index (χ1v) is 11.7. The van der Waals surface area contributed by atoms with Gasteiger partial charge in [-0.05, 0) is 90.4 Å². The lowest BCUT2D eigenvalue weighted by Gasteiger charge is -2.56. The molecule has 4 saturated carbocycles. The molecule has 0 heterocycles. The quantitative estimate of drug-likeness (QED) is 0.396. The molecule has 172 valence electrons. The number of hydrogen-bond acceptors (Lipinski definition) is 4. The third-order valence-corrected chi connectivity index (χ3v) is 6.82. The molecule has 1 atom stereocenters. The van der Waals surface area contributed by atoms with Gasteiger partial charge in [0.05, 0.1) is 6.61 Å². The summed E-state index contributed by atoms with van der Waals surface area (Å²) >= 11 is 0. The van der Waals surface area contributed by atoms with Crippen LogP contribution in [-0.4, -0.2) is 30.3 Å². The van der Waals surface area contributed by atoms with Crippen LogP contribution in [0.25, 0.3) is 0 Å². The number of carbonyl (C=O) groups is 2. The van der Waals surface area contributed by atoms with E-state index in [4.69, 9.17) is 9.47 Å². The Hall–Kier alpha value is -2.04. The average molecular weight is 430 g/mol. The van der Waals surface area contributed by atoms with E-state index in [1.54, 1.807) is 26.8 Å². The minimum absolute atomic E-state index is 0.151. The van der Waals surface area contributed by atoms with Gasteiger partial charge in [0, 0.05) is 5.41 Å². The van der Waals surface area contributed by atoms with Crippen molar-refractivity contribution in [2.24, 2.45) is 23.2 Å². The number of amides is 1. The lowest BCUT2D eigenvalue weighted by atomic mass is 9.50. The maximum atomic E-state index is 13.0.